The van der Waals surface area contributed by atoms with E-state index in [9.17, 15) is 14.4 Å². The zero-order chi connectivity index (χ0) is 18.7. The molecule has 2 aliphatic heterocycles. The number of anilines is 2. The van der Waals surface area contributed by atoms with Gasteiger partial charge >= 0.3 is 6.09 Å². The van der Waals surface area contributed by atoms with Gasteiger partial charge in [0.25, 0.3) is 0 Å². The number of benzene rings is 1. The number of para-hydroxylation sites is 2. The highest BCUT2D eigenvalue weighted by molar-refractivity contribution is 6.00. The number of rotatable bonds is 4. The van der Waals surface area contributed by atoms with Crippen molar-refractivity contribution < 1.29 is 19.1 Å². The number of piperidine rings is 1. The molecule has 140 valence electrons. The maximum atomic E-state index is 12.8. The smallest absolute Gasteiger partial charge is 0.414 e. The van der Waals surface area contributed by atoms with Crippen LogP contribution in [0.15, 0.2) is 24.3 Å². The number of nitrogens with one attached hydrogen (secondary N) is 1. The van der Waals surface area contributed by atoms with Gasteiger partial charge in [0.15, 0.2) is 0 Å². The van der Waals surface area contributed by atoms with Crippen molar-refractivity contribution in [1.82, 2.24) is 4.90 Å². The fourth-order valence-electron chi connectivity index (χ4n) is 3.42. The first-order chi connectivity index (χ1) is 12.5. The van der Waals surface area contributed by atoms with E-state index in [0.717, 1.165) is 12.8 Å². The second-order valence-electron chi connectivity index (χ2n) is 7.05. The van der Waals surface area contributed by atoms with E-state index in [4.69, 9.17) is 4.74 Å². The second kappa shape index (κ2) is 7.76. The molecule has 2 heterocycles. The molecular weight excluding hydrogens is 334 g/mol. The highest BCUT2D eigenvalue weighted by Crippen LogP contribution is 2.29. The minimum atomic E-state index is -0.405. The quantitative estimate of drug-likeness (QED) is 0.896. The van der Waals surface area contributed by atoms with E-state index in [2.05, 4.69) is 5.32 Å². The third kappa shape index (κ3) is 3.81. The van der Waals surface area contributed by atoms with Crippen LogP contribution in [0.25, 0.3) is 0 Å². The van der Waals surface area contributed by atoms with Gasteiger partial charge in [-0.2, -0.15) is 0 Å². The molecule has 0 saturated carbocycles. The van der Waals surface area contributed by atoms with Gasteiger partial charge in [-0.1, -0.05) is 26.0 Å². The summed E-state index contributed by atoms with van der Waals surface area (Å²) in [6, 6.07) is 7.20. The third-order valence-corrected chi connectivity index (χ3v) is 4.81. The van der Waals surface area contributed by atoms with E-state index in [-0.39, 0.29) is 23.7 Å². The van der Waals surface area contributed by atoms with E-state index in [1.54, 1.807) is 17.0 Å². The normalized spacial score (nSPS) is 20.3. The van der Waals surface area contributed by atoms with Crippen LogP contribution in [-0.4, -0.2) is 49.0 Å². The number of cyclic esters (lactones) is 1. The number of hydrogen-bond acceptors (Lipinski definition) is 4. The highest BCUT2D eigenvalue weighted by atomic mass is 16.6. The topological polar surface area (TPSA) is 79.0 Å². The molecule has 7 heteroatoms. The first kappa shape index (κ1) is 18.2. The standard InChI is InChI=1S/C19H25N3O4/c1-13(2)18(24)21-9-5-6-14(12-21)17(23)20-15-7-3-4-8-16(15)22-10-11-26-19(22)25/h3-4,7-8,13-14H,5-6,9-12H2,1-2H3,(H,20,23)/t14-/m0/s1. The monoisotopic (exact) mass is 359 g/mol. The van der Waals surface area contributed by atoms with Gasteiger partial charge in [-0.3, -0.25) is 14.5 Å². The summed E-state index contributed by atoms with van der Waals surface area (Å²) in [5.41, 5.74) is 1.22. The van der Waals surface area contributed by atoms with Crippen LogP contribution >= 0.6 is 0 Å². The van der Waals surface area contributed by atoms with Gasteiger partial charge in [-0.15, -0.1) is 0 Å². The predicted molar refractivity (Wildman–Crippen MR) is 97.9 cm³/mol. The van der Waals surface area contributed by atoms with Crippen LogP contribution in [0.1, 0.15) is 26.7 Å². The Bertz CT molecular complexity index is 704. The molecule has 2 saturated heterocycles. The van der Waals surface area contributed by atoms with Crippen LogP contribution in [0, 0.1) is 11.8 Å². The Hall–Kier alpha value is -2.57. The molecule has 0 radical (unpaired) electrons. The largest absolute Gasteiger partial charge is 0.447 e. The van der Waals surface area contributed by atoms with Gasteiger partial charge in [0.05, 0.1) is 23.8 Å². The van der Waals surface area contributed by atoms with E-state index >= 15 is 0 Å². The summed E-state index contributed by atoms with van der Waals surface area (Å²) < 4.78 is 4.99. The van der Waals surface area contributed by atoms with Crippen molar-refractivity contribution in [3.8, 4) is 0 Å². The number of amides is 3. The molecule has 0 bridgehead atoms. The summed E-state index contributed by atoms with van der Waals surface area (Å²) in [5.74, 6) is -0.349. The Labute approximate surface area is 153 Å². The van der Waals surface area contributed by atoms with Gasteiger partial charge in [0, 0.05) is 19.0 Å². The Morgan fingerprint density at radius 1 is 1.23 bits per heavy atom. The summed E-state index contributed by atoms with van der Waals surface area (Å²) in [6.07, 6.45) is 1.16. The highest BCUT2D eigenvalue weighted by Gasteiger charge is 2.31. The van der Waals surface area contributed by atoms with Crippen LogP contribution < -0.4 is 10.2 Å². The number of likely N-dealkylation sites (tertiary alicyclic amines) is 1. The maximum Gasteiger partial charge on any atom is 0.414 e. The van der Waals surface area contributed by atoms with E-state index < -0.39 is 6.09 Å². The zero-order valence-corrected chi connectivity index (χ0v) is 15.2. The van der Waals surface area contributed by atoms with Gasteiger partial charge in [0.1, 0.15) is 6.61 Å². The van der Waals surface area contributed by atoms with E-state index in [1.807, 2.05) is 26.0 Å². The van der Waals surface area contributed by atoms with Crippen LogP contribution in [-0.2, 0) is 14.3 Å². The fourth-order valence-corrected chi connectivity index (χ4v) is 3.42. The molecule has 0 spiro atoms. The summed E-state index contributed by atoms with van der Waals surface area (Å²) >= 11 is 0. The van der Waals surface area contributed by atoms with Crippen LogP contribution in [0.3, 0.4) is 0 Å². The molecule has 1 atom stereocenters. The Balaban J connectivity index is 1.70. The molecule has 1 N–H and O–H groups in total. The third-order valence-electron chi connectivity index (χ3n) is 4.81. The SMILES string of the molecule is CC(C)C(=O)N1CCC[C@H](C(=O)Nc2ccccc2N2CCOC2=O)C1. The molecule has 0 aliphatic carbocycles. The Morgan fingerprint density at radius 3 is 2.69 bits per heavy atom. The van der Waals surface area contributed by atoms with Crippen molar-refractivity contribution in [2.24, 2.45) is 11.8 Å². The lowest BCUT2D eigenvalue weighted by molar-refractivity contribution is -0.137. The Morgan fingerprint density at radius 2 is 2.00 bits per heavy atom. The predicted octanol–water partition coefficient (Wildman–Crippen LogP) is 2.48. The molecule has 0 aromatic heterocycles. The molecule has 26 heavy (non-hydrogen) atoms. The molecule has 7 nitrogen and oxygen atoms in total. The summed E-state index contributed by atoms with van der Waals surface area (Å²) in [4.78, 5) is 40.1. The minimum absolute atomic E-state index is 0.0706. The van der Waals surface area contributed by atoms with Crippen molar-refractivity contribution in [2.75, 3.05) is 36.5 Å². The van der Waals surface area contributed by atoms with E-state index in [0.29, 0.717) is 37.6 Å². The fraction of sp³-hybridized carbons (Fsp3) is 0.526. The molecule has 1 aromatic rings. The molecule has 2 fully saturated rings. The molecule has 0 unspecified atom stereocenters. The summed E-state index contributed by atoms with van der Waals surface area (Å²) in [7, 11) is 0. The van der Waals surface area contributed by atoms with Gasteiger partial charge < -0.3 is 15.0 Å². The number of nitrogens with zero attached hydrogens (tertiary/aromatic N) is 2. The molecule has 3 amide bonds. The van der Waals surface area contributed by atoms with Crippen molar-refractivity contribution in [3.63, 3.8) is 0 Å². The lowest BCUT2D eigenvalue weighted by Crippen LogP contribution is -2.45. The lowest BCUT2D eigenvalue weighted by atomic mass is 9.96. The molecule has 3 rings (SSSR count). The molecule has 2 aliphatic rings. The van der Waals surface area contributed by atoms with Crippen molar-refractivity contribution in [3.05, 3.63) is 24.3 Å². The van der Waals surface area contributed by atoms with Gasteiger partial charge in [-0.05, 0) is 25.0 Å². The lowest BCUT2D eigenvalue weighted by Gasteiger charge is -2.33. The first-order valence-corrected chi connectivity index (χ1v) is 9.10. The van der Waals surface area contributed by atoms with Crippen molar-refractivity contribution in [1.29, 1.82) is 0 Å². The van der Waals surface area contributed by atoms with Gasteiger partial charge in [-0.25, -0.2) is 4.79 Å². The summed E-state index contributed by atoms with van der Waals surface area (Å²) in [5, 5.41) is 2.94. The van der Waals surface area contributed by atoms with Crippen LogP contribution in [0.5, 0.6) is 0 Å². The van der Waals surface area contributed by atoms with Crippen LogP contribution in [0.4, 0.5) is 16.2 Å². The zero-order valence-electron chi connectivity index (χ0n) is 15.2. The minimum Gasteiger partial charge on any atom is -0.447 e. The number of hydrogen-bond donors (Lipinski definition) is 1. The number of carbonyl (C=O) groups excluding carboxylic acids is 3. The number of ether oxygens (including phenoxy) is 1. The second-order valence-corrected chi connectivity index (χ2v) is 7.05. The van der Waals surface area contributed by atoms with Crippen molar-refractivity contribution >= 4 is 29.3 Å². The average Bonchev–Trinajstić information content (AvgIpc) is 3.07. The molecule has 1 aromatic carbocycles. The van der Waals surface area contributed by atoms with E-state index in [1.165, 1.54) is 4.90 Å². The summed E-state index contributed by atoms with van der Waals surface area (Å²) in [6.45, 7) is 5.70. The Kier molecular flexibility index (Phi) is 5.44. The van der Waals surface area contributed by atoms with Crippen LogP contribution in [0.2, 0.25) is 0 Å². The van der Waals surface area contributed by atoms with Crippen molar-refractivity contribution in [2.45, 2.75) is 26.7 Å². The first-order valence-electron chi connectivity index (χ1n) is 9.10. The van der Waals surface area contributed by atoms with Gasteiger partial charge in [0.2, 0.25) is 11.8 Å². The average molecular weight is 359 g/mol. The maximum absolute atomic E-state index is 12.8. The molecular formula is C19H25N3O4. The number of carbonyl (C=O) groups is 3.